The Bertz CT molecular complexity index is 405. The van der Waals surface area contributed by atoms with Gasteiger partial charge in [-0.05, 0) is 19.7 Å². The fourth-order valence-corrected chi connectivity index (χ4v) is 2.18. The minimum Gasteiger partial charge on any atom is -0.502 e. The maximum atomic E-state index is 11.2. The van der Waals surface area contributed by atoms with Crippen LogP contribution in [-0.4, -0.2) is 34.6 Å². The van der Waals surface area contributed by atoms with E-state index in [0.29, 0.717) is 18.3 Å². The van der Waals surface area contributed by atoms with Gasteiger partial charge in [0.05, 0.1) is 6.54 Å². The SMILES string of the molecule is CCSC[C@H](C)N(C)Cc1cc(=O)c(O)co1. The van der Waals surface area contributed by atoms with Gasteiger partial charge in [-0.25, -0.2) is 0 Å². The lowest BCUT2D eigenvalue weighted by molar-refractivity contribution is 0.243. The van der Waals surface area contributed by atoms with E-state index in [1.807, 2.05) is 18.8 Å². The molecule has 5 heteroatoms. The molecule has 1 atom stereocenters. The van der Waals surface area contributed by atoms with Crippen molar-refractivity contribution in [2.75, 3.05) is 18.6 Å². The van der Waals surface area contributed by atoms with Crippen LogP contribution in [-0.2, 0) is 6.54 Å². The molecule has 1 heterocycles. The first kappa shape index (κ1) is 14.1. The largest absolute Gasteiger partial charge is 0.502 e. The monoisotopic (exact) mass is 257 g/mol. The summed E-state index contributed by atoms with van der Waals surface area (Å²) in [6, 6.07) is 1.75. The quantitative estimate of drug-likeness (QED) is 0.843. The van der Waals surface area contributed by atoms with Crippen molar-refractivity contribution < 1.29 is 9.52 Å². The van der Waals surface area contributed by atoms with E-state index in [0.717, 1.165) is 17.8 Å². The van der Waals surface area contributed by atoms with E-state index in [9.17, 15) is 4.79 Å². The Kier molecular flexibility index (Phi) is 5.58. The Morgan fingerprint density at radius 3 is 2.88 bits per heavy atom. The van der Waals surface area contributed by atoms with Gasteiger partial charge in [0.15, 0.2) is 5.75 Å². The van der Waals surface area contributed by atoms with Crippen molar-refractivity contribution in [1.82, 2.24) is 4.90 Å². The Morgan fingerprint density at radius 1 is 1.59 bits per heavy atom. The van der Waals surface area contributed by atoms with E-state index in [-0.39, 0.29) is 5.75 Å². The predicted molar refractivity (Wildman–Crippen MR) is 70.6 cm³/mol. The summed E-state index contributed by atoms with van der Waals surface area (Å²) in [6.07, 6.45) is 1.09. The molecule has 0 aliphatic carbocycles. The van der Waals surface area contributed by atoms with Gasteiger partial charge in [0, 0.05) is 17.9 Å². The van der Waals surface area contributed by atoms with Gasteiger partial charge >= 0.3 is 0 Å². The maximum absolute atomic E-state index is 11.2. The van der Waals surface area contributed by atoms with Gasteiger partial charge in [0.2, 0.25) is 5.43 Å². The molecule has 0 radical (unpaired) electrons. The fourth-order valence-electron chi connectivity index (χ4n) is 1.34. The highest BCUT2D eigenvalue weighted by atomic mass is 32.2. The molecule has 1 aromatic rings. The minimum atomic E-state index is -0.393. The lowest BCUT2D eigenvalue weighted by Crippen LogP contribution is -2.30. The number of aromatic hydroxyl groups is 1. The summed E-state index contributed by atoms with van der Waals surface area (Å²) in [4.78, 5) is 13.4. The van der Waals surface area contributed by atoms with Crippen LogP contribution in [0, 0.1) is 0 Å². The zero-order valence-corrected chi connectivity index (χ0v) is 11.3. The van der Waals surface area contributed by atoms with E-state index in [1.54, 1.807) is 0 Å². The van der Waals surface area contributed by atoms with Crippen LogP contribution < -0.4 is 5.43 Å². The molecule has 17 heavy (non-hydrogen) atoms. The summed E-state index contributed by atoms with van der Waals surface area (Å²) >= 11 is 1.89. The standard InChI is InChI=1S/C12H19NO3S/c1-4-17-8-9(2)13(3)6-10-5-11(14)12(15)7-16-10/h5,7,9,15H,4,6,8H2,1-3H3/t9-/m0/s1. The molecule has 1 N–H and O–H groups in total. The Hall–Kier alpha value is -0.940. The molecule has 0 bridgehead atoms. The van der Waals surface area contributed by atoms with E-state index in [1.165, 1.54) is 6.07 Å². The van der Waals surface area contributed by atoms with Crippen LogP contribution >= 0.6 is 11.8 Å². The second-order valence-corrected chi connectivity index (χ2v) is 5.34. The summed E-state index contributed by atoms with van der Waals surface area (Å²) in [5.41, 5.74) is -0.393. The molecular formula is C12H19NO3S. The molecule has 4 nitrogen and oxygen atoms in total. The average Bonchev–Trinajstić information content (AvgIpc) is 2.30. The van der Waals surface area contributed by atoms with Crippen LogP contribution in [0.15, 0.2) is 21.5 Å². The zero-order chi connectivity index (χ0) is 12.8. The van der Waals surface area contributed by atoms with E-state index < -0.39 is 5.43 Å². The van der Waals surface area contributed by atoms with Gasteiger partial charge in [0.25, 0.3) is 0 Å². The van der Waals surface area contributed by atoms with Crippen LogP contribution in [0.4, 0.5) is 0 Å². The van der Waals surface area contributed by atoms with Crippen LogP contribution in [0.1, 0.15) is 19.6 Å². The Labute approximate surface area is 106 Å². The summed E-state index contributed by atoms with van der Waals surface area (Å²) in [5, 5.41) is 9.08. The molecule has 1 rings (SSSR count). The topological polar surface area (TPSA) is 53.7 Å². The van der Waals surface area contributed by atoms with Crippen LogP contribution in [0.3, 0.4) is 0 Å². The molecule has 0 aromatic carbocycles. The second kappa shape index (κ2) is 6.71. The van der Waals surface area contributed by atoms with E-state index >= 15 is 0 Å². The molecule has 0 spiro atoms. The molecule has 0 amide bonds. The smallest absolute Gasteiger partial charge is 0.226 e. The van der Waals surface area contributed by atoms with Gasteiger partial charge in [-0.2, -0.15) is 11.8 Å². The van der Waals surface area contributed by atoms with Crippen molar-refractivity contribution >= 4 is 11.8 Å². The summed E-state index contributed by atoms with van der Waals surface area (Å²) in [7, 11) is 1.99. The van der Waals surface area contributed by atoms with Crippen molar-refractivity contribution in [2.45, 2.75) is 26.4 Å². The molecule has 0 aliphatic heterocycles. The zero-order valence-electron chi connectivity index (χ0n) is 10.5. The molecule has 1 aromatic heterocycles. The van der Waals surface area contributed by atoms with Gasteiger partial charge in [-0.1, -0.05) is 6.92 Å². The molecule has 0 saturated heterocycles. The van der Waals surface area contributed by atoms with Crippen molar-refractivity contribution in [3.05, 3.63) is 28.3 Å². The van der Waals surface area contributed by atoms with Crippen LogP contribution in [0.5, 0.6) is 5.75 Å². The summed E-state index contributed by atoms with van der Waals surface area (Å²) in [6.45, 7) is 4.85. The number of thioether (sulfide) groups is 1. The van der Waals surface area contributed by atoms with Crippen LogP contribution in [0.2, 0.25) is 0 Å². The third-order valence-electron chi connectivity index (χ3n) is 2.59. The average molecular weight is 257 g/mol. The third-order valence-corrected chi connectivity index (χ3v) is 3.71. The Morgan fingerprint density at radius 2 is 2.29 bits per heavy atom. The lowest BCUT2D eigenvalue weighted by atomic mass is 10.3. The van der Waals surface area contributed by atoms with E-state index in [4.69, 9.17) is 9.52 Å². The minimum absolute atomic E-state index is 0.342. The molecule has 0 unspecified atom stereocenters. The normalized spacial score (nSPS) is 12.9. The fraction of sp³-hybridized carbons (Fsp3) is 0.583. The van der Waals surface area contributed by atoms with E-state index in [2.05, 4.69) is 18.7 Å². The van der Waals surface area contributed by atoms with Gasteiger partial charge in [0.1, 0.15) is 12.0 Å². The van der Waals surface area contributed by atoms with Crippen LogP contribution in [0.25, 0.3) is 0 Å². The van der Waals surface area contributed by atoms with Gasteiger partial charge in [-0.15, -0.1) is 0 Å². The van der Waals surface area contributed by atoms with Crippen molar-refractivity contribution in [3.8, 4) is 5.75 Å². The number of rotatable bonds is 6. The second-order valence-electron chi connectivity index (χ2n) is 4.02. The first-order chi connectivity index (χ1) is 8.04. The first-order valence-electron chi connectivity index (χ1n) is 5.63. The third kappa shape index (κ3) is 4.44. The summed E-state index contributed by atoms with van der Waals surface area (Å²) < 4.78 is 5.17. The lowest BCUT2D eigenvalue weighted by Gasteiger charge is -2.23. The molecular weight excluding hydrogens is 238 g/mol. The maximum Gasteiger partial charge on any atom is 0.226 e. The summed E-state index contributed by atoms with van der Waals surface area (Å²) in [5.74, 6) is 2.39. The molecule has 0 fully saturated rings. The highest BCUT2D eigenvalue weighted by Crippen LogP contribution is 2.11. The van der Waals surface area contributed by atoms with Crippen molar-refractivity contribution in [3.63, 3.8) is 0 Å². The highest BCUT2D eigenvalue weighted by molar-refractivity contribution is 7.99. The molecule has 0 aliphatic rings. The van der Waals surface area contributed by atoms with Gasteiger partial charge < -0.3 is 9.52 Å². The van der Waals surface area contributed by atoms with Crippen molar-refractivity contribution in [1.29, 1.82) is 0 Å². The van der Waals surface area contributed by atoms with Crippen molar-refractivity contribution in [2.24, 2.45) is 0 Å². The number of nitrogens with zero attached hydrogens (tertiary/aromatic N) is 1. The first-order valence-corrected chi connectivity index (χ1v) is 6.78. The molecule has 96 valence electrons. The number of hydrogen-bond donors (Lipinski definition) is 1. The number of hydrogen-bond acceptors (Lipinski definition) is 5. The molecule has 0 saturated carbocycles. The predicted octanol–water partition coefficient (Wildman–Crippen LogP) is 1.92. The highest BCUT2D eigenvalue weighted by Gasteiger charge is 2.11. The Balaban J connectivity index is 2.58. The van der Waals surface area contributed by atoms with Gasteiger partial charge in [-0.3, -0.25) is 9.69 Å².